The van der Waals surface area contributed by atoms with Crippen LogP contribution in [0.2, 0.25) is 0 Å². The second kappa shape index (κ2) is 6.79. The van der Waals surface area contributed by atoms with Gasteiger partial charge in [-0.05, 0) is 29.3 Å². The molecule has 4 nitrogen and oxygen atoms in total. The van der Waals surface area contributed by atoms with Crippen molar-refractivity contribution in [3.05, 3.63) is 15.9 Å². The summed E-state index contributed by atoms with van der Waals surface area (Å²) >= 11 is 3.39. The fourth-order valence-electron chi connectivity index (χ4n) is 1.56. The van der Waals surface area contributed by atoms with Crippen LogP contribution in [-0.2, 0) is 7.05 Å². The van der Waals surface area contributed by atoms with E-state index in [0.717, 1.165) is 23.1 Å². The maximum absolute atomic E-state index is 11.8. The third-order valence-corrected chi connectivity index (χ3v) is 3.74. The number of carbonyl (C=O) groups is 1. The predicted molar refractivity (Wildman–Crippen MR) is 72.1 cm³/mol. The molecule has 0 aliphatic heterocycles. The highest BCUT2D eigenvalue weighted by Gasteiger charge is 2.16. The number of rotatable bonds is 6. The first-order valence-corrected chi connectivity index (χ1v) is 6.84. The van der Waals surface area contributed by atoms with Crippen molar-refractivity contribution in [2.75, 3.05) is 6.54 Å². The van der Waals surface area contributed by atoms with E-state index in [1.165, 1.54) is 19.3 Å². The minimum atomic E-state index is -0.0999. The quantitative estimate of drug-likeness (QED) is 0.821. The lowest BCUT2D eigenvalue weighted by molar-refractivity contribution is 0.0946. The summed E-state index contributed by atoms with van der Waals surface area (Å²) in [7, 11) is 1.83. The second-order valence-electron chi connectivity index (χ2n) is 4.19. The van der Waals surface area contributed by atoms with E-state index in [1.807, 2.05) is 14.0 Å². The summed E-state index contributed by atoms with van der Waals surface area (Å²) in [6.45, 7) is 4.82. The number of aromatic nitrogens is 2. The highest BCUT2D eigenvalue weighted by Crippen LogP contribution is 2.19. The maximum atomic E-state index is 11.8. The Kier molecular flexibility index (Phi) is 5.68. The fourth-order valence-corrected chi connectivity index (χ4v) is 2.08. The molecule has 0 unspecified atom stereocenters. The van der Waals surface area contributed by atoms with Crippen molar-refractivity contribution in [2.24, 2.45) is 7.05 Å². The van der Waals surface area contributed by atoms with Crippen molar-refractivity contribution in [2.45, 2.75) is 39.5 Å². The van der Waals surface area contributed by atoms with Gasteiger partial charge in [-0.1, -0.05) is 26.2 Å². The minimum Gasteiger partial charge on any atom is -0.351 e. The molecule has 0 spiro atoms. The van der Waals surface area contributed by atoms with E-state index in [-0.39, 0.29) is 5.91 Å². The molecule has 0 radical (unpaired) electrons. The van der Waals surface area contributed by atoms with Crippen LogP contribution in [0.15, 0.2) is 4.47 Å². The highest BCUT2D eigenvalue weighted by atomic mass is 79.9. The van der Waals surface area contributed by atoms with Gasteiger partial charge < -0.3 is 5.32 Å². The van der Waals surface area contributed by atoms with Gasteiger partial charge in [-0.2, -0.15) is 5.10 Å². The minimum absolute atomic E-state index is 0.0999. The monoisotopic (exact) mass is 301 g/mol. The van der Waals surface area contributed by atoms with Gasteiger partial charge in [-0.25, -0.2) is 0 Å². The normalized spacial score (nSPS) is 10.6. The summed E-state index contributed by atoms with van der Waals surface area (Å²) in [4.78, 5) is 11.8. The average Bonchev–Trinajstić information content (AvgIpc) is 2.56. The van der Waals surface area contributed by atoms with Gasteiger partial charge >= 0.3 is 0 Å². The molecule has 1 rings (SSSR count). The average molecular weight is 302 g/mol. The third kappa shape index (κ3) is 3.84. The molecule has 0 saturated heterocycles. The van der Waals surface area contributed by atoms with Crippen molar-refractivity contribution in [3.8, 4) is 0 Å². The molecule has 0 atom stereocenters. The fraction of sp³-hybridized carbons (Fsp3) is 0.667. The van der Waals surface area contributed by atoms with Crippen LogP contribution in [0.25, 0.3) is 0 Å². The molecule has 96 valence electrons. The van der Waals surface area contributed by atoms with Gasteiger partial charge in [-0.3, -0.25) is 9.48 Å². The number of carbonyl (C=O) groups excluding carboxylic acids is 1. The van der Waals surface area contributed by atoms with Crippen molar-refractivity contribution in [1.29, 1.82) is 0 Å². The number of nitrogens with one attached hydrogen (secondary N) is 1. The summed E-state index contributed by atoms with van der Waals surface area (Å²) in [5.41, 5.74) is 1.43. The van der Waals surface area contributed by atoms with E-state index in [1.54, 1.807) is 4.68 Å². The van der Waals surface area contributed by atoms with Crippen molar-refractivity contribution in [3.63, 3.8) is 0 Å². The Hall–Kier alpha value is -0.840. The molecule has 1 amide bonds. The molecule has 0 aliphatic rings. The van der Waals surface area contributed by atoms with Gasteiger partial charge in [0.15, 0.2) is 5.69 Å². The van der Waals surface area contributed by atoms with E-state index in [9.17, 15) is 4.79 Å². The zero-order valence-corrected chi connectivity index (χ0v) is 12.3. The molecule has 1 N–H and O–H groups in total. The second-order valence-corrected chi connectivity index (χ2v) is 4.98. The van der Waals surface area contributed by atoms with Gasteiger partial charge in [0.05, 0.1) is 10.2 Å². The number of halogens is 1. The topological polar surface area (TPSA) is 46.9 Å². The number of aryl methyl sites for hydroxylation is 1. The van der Waals surface area contributed by atoms with Crippen molar-refractivity contribution >= 4 is 21.8 Å². The number of hydrogen-bond donors (Lipinski definition) is 1. The van der Waals surface area contributed by atoms with Crippen LogP contribution in [0.3, 0.4) is 0 Å². The maximum Gasteiger partial charge on any atom is 0.272 e. The molecule has 0 bridgehead atoms. The van der Waals surface area contributed by atoms with Gasteiger partial charge in [0, 0.05) is 13.6 Å². The van der Waals surface area contributed by atoms with Gasteiger partial charge in [0.25, 0.3) is 5.91 Å². The van der Waals surface area contributed by atoms with E-state index in [0.29, 0.717) is 5.69 Å². The van der Waals surface area contributed by atoms with Gasteiger partial charge in [-0.15, -0.1) is 0 Å². The van der Waals surface area contributed by atoms with E-state index in [4.69, 9.17) is 0 Å². The standard InChI is InChI=1S/C12H20BrN3O/c1-4-5-6-7-8-14-12(17)11-10(13)9(2)16(3)15-11/h4-8H2,1-3H3,(H,14,17). The largest absolute Gasteiger partial charge is 0.351 e. The lowest BCUT2D eigenvalue weighted by Gasteiger charge is -2.02. The number of nitrogens with zero attached hydrogens (tertiary/aromatic N) is 2. The molecule has 17 heavy (non-hydrogen) atoms. The smallest absolute Gasteiger partial charge is 0.272 e. The van der Waals surface area contributed by atoms with Crippen LogP contribution in [0.4, 0.5) is 0 Å². The molecule has 0 aliphatic carbocycles. The van der Waals surface area contributed by atoms with Crippen LogP contribution in [0, 0.1) is 6.92 Å². The molecule has 5 heteroatoms. The van der Waals surface area contributed by atoms with Gasteiger partial charge in [0.1, 0.15) is 0 Å². The zero-order valence-electron chi connectivity index (χ0n) is 10.7. The number of unbranched alkanes of at least 4 members (excludes halogenated alkanes) is 3. The van der Waals surface area contributed by atoms with Crippen LogP contribution < -0.4 is 5.32 Å². The van der Waals surface area contributed by atoms with Crippen molar-refractivity contribution < 1.29 is 4.79 Å². The first kappa shape index (κ1) is 14.2. The van der Waals surface area contributed by atoms with E-state index in [2.05, 4.69) is 33.3 Å². The Morgan fingerprint density at radius 3 is 2.65 bits per heavy atom. The zero-order chi connectivity index (χ0) is 12.8. The molecule has 0 aromatic carbocycles. The van der Waals surface area contributed by atoms with Crippen LogP contribution >= 0.6 is 15.9 Å². The Morgan fingerprint density at radius 2 is 2.12 bits per heavy atom. The van der Waals surface area contributed by atoms with E-state index >= 15 is 0 Å². The Bertz CT molecular complexity index is 387. The molecule has 1 aromatic rings. The molecular weight excluding hydrogens is 282 g/mol. The summed E-state index contributed by atoms with van der Waals surface area (Å²) in [6, 6.07) is 0. The summed E-state index contributed by atoms with van der Waals surface area (Å²) in [5, 5.41) is 7.08. The Morgan fingerprint density at radius 1 is 1.41 bits per heavy atom. The molecule has 1 heterocycles. The summed E-state index contributed by atoms with van der Waals surface area (Å²) in [5.74, 6) is -0.0999. The highest BCUT2D eigenvalue weighted by molar-refractivity contribution is 9.10. The van der Waals surface area contributed by atoms with Crippen LogP contribution in [-0.4, -0.2) is 22.2 Å². The van der Waals surface area contributed by atoms with Gasteiger partial charge in [0.2, 0.25) is 0 Å². The third-order valence-electron chi connectivity index (χ3n) is 2.79. The molecule has 0 saturated carbocycles. The Labute approximate surface area is 111 Å². The predicted octanol–water partition coefficient (Wildman–Crippen LogP) is 2.80. The number of hydrogen-bond acceptors (Lipinski definition) is 2. The molecule has 0 fully saturated rings. The first-order valence-electron chi connectivity index (χ1n) is 6.05. The first-order chi connectivity index (χ1) is 8.07. The van der Waals surface area contributed by atoms with Crippen molar-refractivity contribution in [1.82, 2.24) is 15.1 Å². The van der Waals surface area contributed by atoms with E-state index < -0.39 is 0 Å². The molecule has 1 aromatic heterocycles. The SMILES string of the molecule is CCCCCCNC(=O)c1nn(C)c(C)c1Br. The molecular formula is C12H20BrN3O. The number of amides is 1. The lowest BCUT2D eigenvalue weighted by Crippen LogP contribution is -2.25. The lowest BCUT2D eigenvalue weighted by atomic mass is 10.2. The summed E-state index contributed by atoms with van der Waals surface area (Å²) in [6.07, 6.45) is 4.63. The summed E-state index contributed by atoms with van der Waals surface area (Å²) < 4.78 is 2.49. The van der Waals surface area contributed by atoms with Crippen LogP contribution in [0.1, 0.15) is 48.8 Å². The van der Waals surface area contributed by atoms with Crippen LogP contribution in [0.5, 0.6) is 0 Å². The Balaban J connectivity index is 2.44.